The normalized spacial score (nSPS) is 16.2. The maximum Gasteiger partial charge on any atom is 0.327 e. The number of hydrogen-bond acceptors (Lipinski definition) is 6. The van der Waals surface area contributed by atoms with Crippen molar-refractivity contribution in [1.82, 2.24) is 14.9 Å². The van der Waals surface area contributed by atoms with Crippen molar-refractivity contribution in [2.45, 2.75) is 44.2 Å². The molecule has 0 aliphatic carbocycles. The molecule has 0 radical (unpaired) electrons. The summed E-state index contributed by atoms with van der Waals surface area (Å²) in [6.07, 6.45) is 6.93. The first-order chi connectivity index (χ1) is 15.7. The molecule has 6 heteroatoms. The third-order valence-corrected chi connectivity index (χ3v) is 6.08. The van der Waals surface area contributed by atoms with Gasteiger partial charge in [0.1, 0.15) is 6.04 Å². The number of ether oxygens (including phenoxy) is 2. The molecule has 1 aliphatic heterocycles. The highest BCUT2D eigenvalue weighted by Gasteiger charge is 2.31. The number of benzene rings is 1. The van der Waals surface area contributed by atoms with Crippen molar-refractivity contribution in [1.29, 1.82) is 0 Å². The summed E-state index contributed by atoms with van der Waals surface area (Å²) in [5.41, 5.74) is 3.98. The first-order valence-corrected chi connectivity index (χ1v) is 11.4. The van der Waals surface area contributed by atoms with Crippen LogP contribution in [-0.4, -0.2) is 53.7 Å². The van der Waals surface area contributed by atoms with Crippen LogP contribution < -0.4 is 0 Å². The summed E-state index contributed by atoms with van der Waals surface area (Å²) in [7, 11) is 1.46. The Morgan fingerprint density at radius 2 is 1.84 bits per heavy atom. The molecule has 0 saturated carbocycles. The third-order valence-electron chi connectivity index (χ3n) is 6.08. The van der Waals surface area contributed by atoms with Crippen LogP contribution in [0.5, 0.6) is 0 Å². The first kappa shape index (κ1) is 22.4. The Kier molecular flexibility index (Phi) is 7.80. The number of pyridine rings is 2. The monoisotopic (exact) mass is 433 g/mol. The van der Waals surface area contributed by atoms with E-state index in [1.165, 1.54) is 7.11 Å². The number of piperidine rings is 1. The van der Waals surface area contributed by atoms with E-state index < -0.39 is 0 Å². The van der Waals surface area contributed by atoms with Crippen molar-refractivity contribution in [2.75, 3.05) is 26.8 Å². The topological polar surface area (TPSA) is 64.5 Å². The molecular weight excluding hydrogens is 402 g/mol. The van der Waals surface area contributed by atoms with Gasteiger partial charge in [-0.1, -0.05) is 30.3 Å². The Morgan fingerprint density at radius 1 is 1.03 bits per heavy atom. The molecule has 0 N–H and O–H groups in total. The van der Waals surface area contributed by atoms with Crippen LogP contribution in [0.15, 0.2) is 60.8 Å². The van der Waals surface area contributed by atoms with E-state index in [-0.39, 0.29) is 18.1 Å². The Balaban J connectivity index is 1.19. The number of unbranched alkanes of at least 4 members (excludes halogenated alkanes) is 1. The number of nitrogens with zero attached hydrogens (tertiary/aromatic N) is 3. The highest BCUT2D eigenvalue weighted by Crippen LogP contribution is 2.27. The van der Waals surface area contributed by atoms with Gasteiger partial charge in [-0.2, -0.15) is 0 Å². The summed E-state index contributed by atoms with van der Waals surface area (Å²) in [5.74, 6) is -0.200. The quantitative estimate of drug-likeness (QED) is 0.369. The van der Waals surface area contributed by atoms with Crippen molar-refractivity contribution in [3.8, 4) is 0 Å². The van der Waals surface area contributed by atoms with Gasteiger partial charge >= 0.3 is 5.97 Å². The van der Waals surface area contributed by atoms with Gasteiger partial charge < -0.3 is 9.47 Å². The zero-order valence-corrected chi connectivity index (χ0v) is 18.7. The molecule has 2 aromatic heterocycles. The molecule has 0 spiro atoms. The van der Waals surface area contributed by atoms with E-state index in [1.54, 1.807) is 6.20 Å². The zero-order chi connectivity index (χ0) is 22.2. The van der Waals surface area contributed by atoms with Gasteiger partial charge in [-0.3, -0.25) is 14.9 Å². The number of hydrogen-bond donors (Lipinski definition) is 0. The minimum atomic E-state index is -0.341. The molecule has 1 aliphatic rings. The Labute approximate surface area is 189 Å². The number of fused-ring (bicyclic) bond motifs is 1. The van der Waals surface area contributed by atoms with Gasteiger partial charge in [0.05, 0.1) is 24.2 Å². The van der Waals surface area contributed by atoms with Crippen LogP contribution in [-0.2, 0) is 20.7 Å². The molecule has 168 valence electrons. The second-order valence-corrected chi connectivity index (χ2v) is 8.24. The molecule has 1 unspecified atom stereocenters. The Hall–Kier alpha value is -2.83. The van der Waals surface area contributed by atoms with Crippen molar-refractivity contribution in [3.05, 3.63) is 72.1 Å². The summed E-state index contributed by atoms with van der Waals surface area (Å²) in [5, 5.41) is 0. The number of aryl methyl sites for hydroxylation is 1. The van der Waals surface area contributed by atoms with Gasteiger partial charge in [-0.25, -0.2) is 4.79 Å². The molecule has 1 fully saturated rings. The van der Waals surface area contributed by atoms with Gasteiger partial charge in [0.25, 0.3) is 0 Å². The second kappa shape index (κ2) is 11.2. The van der Waals surface area contributed by atoms with Crippen LogP contribution in [0.1, 0.15) is 43.0 Å². The van der Waals surface area contributed by atoms with Crippen molar-refractivity contribution in [3.63, 3.8) is 0 Å². The fraction of sp³-hybridized carbons (Fsp3) is 0.423. The largest absolute Gasteiger partial charge is 0.468 e. The Morgan fingerprint density at radius 3 is 2.62 bits per heavy atom. The van der Waals surface area contributed by atoms with Crippen LogP contribution in [0.25, 0.3) is 11.0 Å². The maximum atomic E-state index is 12.4. The molecule has 1 saturated heterocycles. The van der Waals surface area contributed by atoms with E-state index in [0.29, 0.717) is 0 Å². The maximum absolute atomic E-state index is 12.4. The van der Waals surface area contributed by atoms with Gasteiger partial charge in [-0.15, -0.1) is 0 Å². The number of rotatable bonds is 9. The SMILES string of the molecule is COC(=O)C(c1ccccc1)N1CCC(OCCCCc2ccc3ncccc3n2)CC1. The second-order valence-electron chi connectivity index (χ2n) is 8.24. The number of carbonyl (C=O) groups excluding carboxylic acids is 1. The molecule has 3 heterocycles. The van der Waals surface area contributed by atoms with E-state index in [2.05, 4.69) is 20.9 Å². The number of likely N-dealkylation sites (tertiary alicyclic amines) is 1. The molecule has 32 heavy (non-hydrogen) atoms. The lowest BCUT2D eigenvalue weighted by Gasteiger charge is -2.36. The lowest BCUT2D eigenvalue weighted by Crippen LogP contribution is -2.42. The first-order valence-electron chi connectivity index (χ1n) is 11.4. The predicted molar refractivity (Wildman–Crippen MR) is 124 cm³/mol. The van der Waals surface area contributed by atoms with E-state index >= 15 is 0 Å². The fourth-order valence-electron chi connectivity index (χ4n) is 4.34. The number of methoxy groups -OCH3 is 1. The molecule has 3 aromatic rings. The molecule has 6 nitrogen and oxygen atoms in total. The van der Waals surface area contributed by atoms with Gasteiger partial charge in [0, 0.05) is 31.6 Å². The van der Waals surface area contributed by atoms with E-state index in [1.807, 2.05) is 48.5 Å². The molecular formula is C26H31N3O3. The zero-order valence-electron chi connectivity index (χ0n) is 18.7. The van der Waals surface area contributed by atoms with Crippen LogP contribution in [0, 0.1) is 0 Å². The average Bonchev–Trinajstić information content (AvgIpc) is 2.85. The standard InChI is InChI=1S/C26H31N3O3/c1-31-26(30)25(20-8-3-2-4-9-20)29-17-14-22(15-18-29)32-19-6-5-10-21-12-13-23-24(28-21)11-7-16-27-23/h2-4,7-9,11-13,16,22,25H,5-6,10,14-15,17-19H2,1H3. The lowest BCUT2D eigenvalue weighted by atomic mass is 10.0. The smallest absolute Gasteiger partial charge is 0.327 e. The van der Waals surface area contributed by atoms with Crippen molar-refractivity contribution in [2.24, 2.45) is 0 Å². The summed E-state index contributed by atoms with van der Waals surface area (Å²) in [6.45, 7) is 2.42. The van der Waals surface area contributed by atoms with Crippen molar-refractivity contribution >= 4 is 17.0 Å². The predicted octanol–water partition coefficient (Wildman–Crippen LogP) is 4.35. The third kappa shape index (κ3) is 5.69. The molecule has 4 rings (SSSR count). The van der Waals surface area contributed by atoms with Gasteiger partial charge in [-0.05, 0) is 61.9 Å². The molecule has 1 atom stereocenters. The minimum absolute atomic E-state index is 0.200. The van der Waals surface area contributed by atoms with Crippen molar-refractivity contribution < 1.29 is 14.3 Å². The fourth-order valence-corrected chi connectivity index (χ4v) is 4.34. The molecule has 0 amide bonds. The summed E-state index contributed by atoms with van der Waals surface area (Å²) in [6, 6.07) is 17.6. The lowest BCUT2D eigenvalue weighted by molar-refractivity contribution is -0.148. The van der Waals surface area contributed by atoms with Crippen LogP contribution >= 0.6 is 0 Å². The summed E-state index contributed by atoms with van der Waals surface area (Å²) >= 11 is 0. The summed E-state index contributed by atoms with van der Waals surface area (Å²) < 4.78 is 11.2. The van der Waals surface area contributed by atoms with Gasteiger partial charge in [0.15, 0.2) is 0 Å². The van der Waals surface area contributed by atoms with E-state index in [4.69, 9.17) is 9.47 Å². The number of esters is 1. The van der Waals surface area contributed by atoms with E-state index in [9.17, 15) is 4.79 Å². The summed E-state index contributed by atoms with van der Waals surface area (Å²) in [4.78, 5) is 23.6. The molecule has 1 aromatic carbocycles. The minimum Gasteiger partial charge on any atom is -0.468 e. The molecule has 0 bridgehead atoms. The van der Waals surface area contributed by atoms with Crippen LogP contribution in [0.2, 0.25) is 0 Å². The Bertz CT molecular complexity index is 1000. The number of aromatic nitrogens is 2. The van der Waals surface area contributed by atoms with Crippen LogP contribution in [0.4, 0.5) is 0 Å². The average molecular weight is 434 g/mol. The van der Waals surface area contributed by atoms with E-state index in [0.717, 1.165) is 74.1 Å². The van der Waals surface area contributed by atoms with Gasteiger partial charge in [0.2, 0.25) is 0 Å². The highest BCUT2D eigenvalue weighted by molar-refractivity contribution is 5.77. The highest BCUT2D eigenvalue weighted by atomic mass is 16.5. The number of carbonyl (C=O) groups is 1. The van der Waals surface area contributed by atoms with Crippen LogP contribution in [0.3, 0.4) is 0 Å².